The van der Waals surface area contributed by atoms with Crippen LogP contribution in [0.2, 0.25) is 0 Å². The first kappa shape index (κ1) is 19.1. The second kappa shape index (κ2) is 7.74. The van der Waals surface area contributed by atoms with Crippen molar-refractivity contribution in [3.8, 4) is 17.0 Å². The number of rotatable bonds is 4. The number of ether oxygens (including phenoxy) is 1. The number of carbonyl (C=O) groups is 1. The summed E-state index contributed by atoms with van der Waals surface area (Å²) >= 11 is 1.30. The van der Waals surface area contributed by atoms with Gasteiger partial charge in [-0.05, 0) is 47.9 Å². The molecule has 0 saturated carbocycles. The highest BCUT2D eigenvalue weighted by atomic mass is 32.1. The predicted octanol–water partition coefficient (Wildman–Crippen LogP) is 5.96. The molecule has 0 aliphatic carbocycles. The van der Waals surface area contributed by atoms with Crippen molar-refractivity contribution in [1.29, 1.82) is 0 Å². The third-order valence-corrected chi connectivity index (χ3v) is 6.34. The van der Waals surface area contributed by atoms with E-state index in [-0.39, 0.29) is 5.91 Å². The second-order valence-electron chi connectivity index (χ2n) is 7.10. The molecule has 2 heterocycles. The SMILES string of the molecule is COc1ccc(-c2ccc3c(N)c(C(=O)Nc4cccc5ccccc45)sc3n2)cc1. The summed E-state index contributed by atoms with van der Waals surface area (Å²) in [6, 6.07) is 25.3. The zero-order valence-corrected chi connectivity index (χ0v) is 17.6. The van der Waals surface area contributed by atoms with Gasteiger partial charge in [0.15, 0.2) is 0 Å². The molecule has 0 bridgehead atoms. The number of pyridine rings is 1. The first-order valence-electron chi connectivity index (χ1n) is 9.76. The van der Waals surface area contributed by atoms with Crippen LogP contribution >= 0.6 is 11.3 Å². The zero-order valence-electron chi connectivity index (χ0n) is 16.8. The lowest BCUT2D eigenvalue weighted by atomic mass is 10.1. The van der Waals surface area contributed by atoms with Crippen molar-refractivity contribution in [2.24, 2.45) is 0 Å². The number of hydrogen-bond acceptors (Lipinski definition) is 5. The van der Waals surface area contributed by atoms with Crippen LogP contribution in [0, 0.1) is 0 Å². The lowest BCUT2D eigenvalue weighted by molar-refractivity contribution is 0.103. The Balaban J connectivity index is 1.49. The van der Waals surface area contributed by atoms with E-state index in [9.17, 15) is 4.79 Å². The minimum absolute atomic E-state index is 0.233. The number of fused-ring (bicyclic) bond motifs is 2. The van der Waals surface area contributed by atoms with Crippen LogP contribution in [0.25, 0.3) is 32.2 Å². The topological polar surface area (TPSA) is 77.2 Å². The van der Waals surface area contributed by atoms with Crippen molar-refractivity contribution < 1.29 is 9.53 Å². The van der Waals surface area contributed by atoms with Gasteiger partial charge in [0.05, 0.1) is 18.5 Å². The molecule has 152 valence electrons. The van der Waals surface area contributed by atoms with E-state index in [2.05, 4.69) is 5.32 Å². The van der Waals surface area contributed by atoms with Gasteiger partial charge in [-0.2, -0.15) is 0 Å². The number of nitrogen functional groups attached to an aromatic ring is 1. The van der Waals surface area contributed by atoms with Crippen LogP contribution in [0.5, 0.6) is 5.75 Å². The normalized spacial score (nSPS) is 11.0. The molecule has 5 rings (SSSR count). The summed E-state index contributed by atoms with van der Waals surface area (Å²) in [6.07, 6.45) is 0. The molecule has 0 fully saturated rings. The Kier molecular flexibility index (Phi) is 4.76. The number of anilines is 2. The van der Waals surface area contributed by atoms with E-state index in [0.29, 0.717) is 10.6 Å². The van der Waals surface area contributed by atoms with Gasteiger partial charge >= 0.3 is 0 Å². The summed E-state index contributed by atoms with van der Waals surface area (Å²) in [5, 5.41) is 5.84. The Hall–Kier alpha value is -3.90. The van der Waals surface area contributed by atoms with Gasteiger partial charge in [-0.3, -0.25) is 4.79 Å². The molecule has 0 aliphatic heterocycles. The van der Waals surface area contributed by atoms with Crippen molar-refractivity contribution in [3.05, 3.63) is 83.7 Å². The molecule has 3 aromatic carbocycles. The molecule has 0 saturated heterocycles. The van der Waals surface area contributed by atoms with E-state index >= 15 is 0 Å². The van der Waals surface area contributed by atoms with Crippen LogP contribution in [0.15, 0.2) is 78.9 Å². The molecule has 0 spiro atoms. The number of nitrogens with one attached hydrogen (secondary N) is 1. The average molecular weight is 426 g/mol. The molecule has 0 aliphatic rings. The van der Waals surface area contributed by atoms with Crippen LogP contribution in [0.1, 0.15) is 9.67 Å². The largest absolute Gasteiger partial charge is 0.497 e. The summed E-state index contributed by atoms with van der Waals surface area (Å²) < 4.78 is 5.22. The maximum atomic E-state index is 13.1. The fourth-order valence-electron chi connectivity index (χ4n) is 3.60. The fraction of sp³-hybridized carbons (Fsp3) is 0.0400. The lowest BCUT2D eigenvalue weighted by Crippen LogP contribution is -2.12. The molecular weight excluding hydrogens is 406 g/mol. The number of methoxy groups -OCH3 is 1. The van der Waals surface area contributed by atoms with Crippen LogP contribution < -0.4 is 15.8 Å². The van der Waals surface area contributed by atoms with Gasteiger partial charge in [0.1, 0.15) is 15.5 Å². The summed E-state index contributed by atoms with van der Waals surface area (Å²) in [6.45, 7) is 0. The smallest absolute Gasteiger partial charge is 0.267 e. The van der Waals surface area contributed by atoms with E-state index in [0.717, 1.165) is 43.7 Å². The Labute approximate surface area is 183 Å². The van der Waals surface area contributed by atoms with E-state index in [1.54, 1.807) is 7.11 Å². The highest BCUT2D eigenvalue weighted by molar-refractivity contribution is 7.21. The van der Waals surface area contributed by atoms with E-state index in [1.807, 2.05) is 78.9 Å². The summed E-state index contributed by atoms with van der Waals surface area (Å²) in [4.78, 5) is 19.0. The quantitative estimate of drug-likeness (QED) is 0.372. The standard InChI is InChI=1S/C25H19N3O2S/c1-30-17-11-9-16(10-12-17)20-14-13-19-22(26)23(31-25(19)28-20)24(29)27-21-8-4-6-15-5-2-3-7-18(15)21/h2-14H,26H2,1H3,(H,27,29). The number of benzene rings is 3. The third kappa shape index (κ3) is 3.47. The molecule has 0 unspecified atom stereocenters. The highest BCUT2D eigenvalue weighted by Gasteiger charge is 2.18. The van der Waals surface area contributed by atoms with Gasteiger partial charge in [0.2, 0.25) is 0 Å². The number of aromatic nitrogens is 1. The van der Waals surface area contributed by atoms with E-state index in [4.69, 9.17) is 15.5 Å². The van der Waals surface area contributed by atoms with Crippen molar-refractivity contribution in [2.75, 3.05) is 18.2 Å². The summed E-state index contributed by atoms with van der Waals surface area (Å²) in [7, 11) is 1.64. The number of carbonyl (C=O) groups excluding carboxylic acids is 1. The van der Waals surface area contributed by atoms with Gasteiger partial charge in [-0.15, -0.1) is 11.3 Å². The molecule has 0 radical (unpaired) electrons. The maximum absolute atomic E-state index is 13.1. The van der Waals surface area contributed by atoms with Gasteiger partial charge in [0, 0.05) is 22.0 Å². The van der Waals surface area contributed by atoms with Gasteiger partial charge in [-0.1, -0.05) is 36.4 Å². The van der Waals surface area contributed by atoms with Crippen LogP contribution in [0.4, 0.5) is 11.4 Å². The molecule has 31 heavy (non-hydrogen) atoms. The second-order valence-corrected chi connectivity index (χ2v) is 8.10. The Morgan fingerprint density at radius 1 is 0.935 bits per heavy atom. The highest BCUT2D eigenvalue weighted by Crippen LogP contribution is 2.35. The maximum Gasteiger partial charge on any atom is 0.267 e. The van der Waals surface area contributed by atoms with E-state index < -0.39 is 0 Å². The van der Waals surface area contributed by atoms with Gasteiger partial charge < -0.3 is 15.8 Å². The minimum atomic E-state index is -0.233. The number of amides is 1. The number of nitrogens with two attached hydrogens (primary N) is 1. The molecule has 5 nitrogen and oxygen atoms in total. The first-order valence-corrected chi connectivity index (χ1v) is 10.6. The molecule has 0 atom stereocenters. The Morgan fingerprint density at radius 3 is 2.52 bits per heavy atom. The number of nitrogens with zero attached hydrogens (tertiary/aromatic N) is 1. The van der Waals surface area contributed by atoms with Crippen LogP contribution in [-0.2, 0) is 0 Å². The average Bonchev–Trinajstić information content (AvgIpc) is 3.15. The molecule has 5 aromatic rings. The van der Waals surface area contributed by atoms with E-state index in [1.165, 1.54) is 11.3 Å². The number of hydrogen-bond donors (Lipinski definition) is 2. The molecule has 1 amide bonds. The fourth-order valence-corrected chi connectivity index (χ4v) is 4.59. The van der Waals surface area contributed by atoms with Crippen LogP contribution in [-0.4, -0.2) is 18.0 Å². The van der Waals surface area contributed by atoms with Gasteiger partial charge in [0.25, 0.3) is 5.91 Å². The van der Waals surface area contributed by atoms with Gasteiger partial charge in [-0.25, -0.2) is 4.98 Å². The van der Waals surface area contributed by atoms with Crippen molar-refractivity contribution >= 4 is 49.6 Å². The Bertz CT molecular complexity index is 1420. The third-order valence-electron chi connectivity index (χ3n) is 5.22. The van der Waals surface area contributed by atoms with Crippen LogP contribution in [0.3, 0.4) is 0 Å². The summed E-state index contributed by atoms with van der Waals surface area (Å²) in [5.74, 6) is 0.556. The predicted molar refractivity (Wildman–Crippen MR) is 128 cm³/mol. The minimum Gasteiger partial charge on any atom is -0.497 e. The summed E-state index contributed by atoms with van der Waals surface area (Å²) in [5.41, 5.74) is 9.32. The first-order chi connectivity index (χ1) is 15.1. The molecule has 3 N–H and O–H groups in total. The zero-order chi connectivity index (χ0) is 21.4. The monoisotopic (exact) mass is 425 g/mol. The number of thiophene rings is 1. The van der Waals surface area contributed by atoms with Crippen molar-refractivity contribution in [2.45, 2.75) is 0 Å². The molecule has 2 aromatic heterocycles. The Morgan fingerprint density at radius 2 is 1.71 bits per heavy atom. The molecule has 6 heteroatoms. The lowest BCUT2D eigenvalue weighted by Gasteiger charge is -2.08. The van der Waals surface area contributed by atoms with Crippen molar-refractivity contribution in [1.82, 2.24) is 4.98 Å². The van der Waals surface area contributed by atoms with Crippen molar-refractivity contribution in [3.63, 3.8) is 0 Å². The molecular formula is C25H19N3O2S.